The van der Waals surface area contributed by atoms with Gasteiger partial charge in [-0.3, -0.25) is 19.3 Å². The van der Waals surface area contributed by atoms with Gasteiger partial charge in [-0.2, -0.15) is 0 Å². The third-order valence-corrected chi connectivity index (χ3v) is 8.96. The van der Waals surface area contributed by atoms with Gasteiger partial charge in [-0.15, -0.1) is 10.2 Å². The number of aromatic hydroxyl groups is 1. The van der Waals surface area contributed by atoms with Crippen molar-refractivity contribution in [3.05, 3.63) is 96.2 Å². The molecule has 0 saturated carbocycles. The fourth-order valence-corrected chi connectivity index (χ4v) is 6.45. The van der Waals surface area contributed by atoms with Gasteiger partial charge in [0.25, 0.3) is 11.8 Å². The van der Waals surface area contributed by atoms with E-state index >= 15 is 0 Å². The average Bonchev–Trinajstić information content (AvgIpc) is 3.31. The number of imide groups is 1. The van der Waals surface area contributed by atoms with Crippen LogP contribution in [0.5, 0.6) is 5.75 Å². The van der Waals surface area contributed by atoms with Crippen LogP contribution in [0.2, 0.25) is 0 Å². The average molecular weight is 616 g/mol. The summed E-state index contributed by atoms with van der Waals surface area (Å²) in [6.45, 7) is 5.34. The van der Waals surface area contributed by atoms with Crippen molar-refractivity contribution in [1.82, 2.24) is 20.4 Å². The number of nitrogen functional groups attached to an aromatic ring is 1. The Hall–Kier alpha value is -5.71. The second-order valence-corrected chi connectivity index (χ2v) is 11.9. The third-order valence-electron chi connectivity index (χ3n) is 8.96. The molecule has 1 unspecified atom stereocenters. The molecule has 2 fully saturated rings. The summed E-state index contributed by atoms with van der Waals surface area (Å²) in [5.74, 6) is -0.780. The maximum Gasteiger partial charge on any atom is 0.262 e. The van der Waals surface area contributed by atoms with E-state index in [1.54, 1.807) is 30.3 Å². The molecule has 3 aliphatic heterocycles. The lowest BCUT2D eigenvalue weighted by Crippen LogP contribution is -2.51. The molecule has 4 heterocycles. The minimum Gasteiger partial charge on any atom is -0.507 e. The Balaban J connectivity index is 0.986. The Morgan fingerprint density at radius 2 is 1.59 bits per heavy atom. The summed E-state index contributed by atoms with van der Waals surface area (Å²) in [4.78, 5) is 42.3. The summed E-state index contributed by atoms with van der Waals surface area (Å²) in [5.41, 5.74) is 12.1. The van der Waals surface area contributed by atoms with Crippen molar-refractivity contribution in [2.75, 3.05) is 29.0 Å². The standard InChI is InChI=1S/C35H33N7O4/c1-20-6-13-30(33(44)37-20)42-34(45)25-12-11-24(18-28(25)35(42)46)41-16-14-23(15-17-41)38-22-9-7-21(8-10-22)27-19-29(39-40-32(27)36)26-4-2-3-5-31(26)43/h2-5,7-12,18-19,23,30,38,43H,1,6,13-17H2,(H2,36,40)(H,37,44). The van der Waals surface area contributed by atoms with Crippen LogP contribution in [-0.4, -0.2) is 63.1 Å². The second kappa shape index (κ2) is 11.7. The number of hydrogen-bond acceptors (Lipinski definition) is 9. The molecule has 0 radical (unpaired) electrons. The molecule has 0 aliphatic carbocycles. The Kier molecular flexibility index (Phi) is 7.36. The summed E-state index contributed by atoms with van der Waals surface area (Å²) in [5, 5.41) is 24.8. The zero-order chi connectivity index (χ0) is 31.9. The molecule has 0 bridgehead atoms. The van der Waals surface area contributed by atoms with Crippen molar-refractivity contribution in [3.8, 4) is 28.1 Å². The Morgan fingerprint density at radius 1 is 0.848 bits per heavy atom. The first-order valence-corrected chi connectivity index (χ1v) is 15.3. The lowest BCUT2D eigenvalue weighted by Gasteiger charge is -2.34. The predicted octanol–water partition coefficient (Wildman–Crippen LogP) is 4.57. The van der Waals surface area contributed by atoms with Crippen LogP contribution in [0.4, 0.5) is 17.2 Å². The van der Waals surface area contributed by atoms with E-state index in [1.807, 2.05) is 42.5 Å². The largest absolute Gasteiger partial charge is 0.507 e. The van der Waals surface area contributed by atoms with Crippen LogP contribution in [0, 0.1) is 0 Å². The van der Waals surface area contributed by atoms with Gasteiger partial charge in [0.05, 0.1) is 16.8 Å². The molecule has 5 N–H and O–H groups in total. The maximum absolute atomic E-state index is 13.3. The van der Waals surface area contributed by atoms with Crippen LogP contribution in [0.3, 0.4) is 0 Å². The Morgan fingerprint density at radius 3 is 2.33 bits per heavy atom. The van der Waals surface area contributed by atoms with Gasteiger partial charge in [-0.25, -0.2) is 0 Å². The number of rotatable bonds is 6. The molecule has 7 rings (SSSR count). The summed E-state index contributed by atoms with van der Waals surface area (Å²) < 4.78 is 0. The number of allylic oxidation sites excluding steroid dienone is 1. The van der Waals surface area contributed by atoms with Crippen LogP contribution in [0.15, 0.2) is 85.1 Å². The fraction of sp³-hybridized carbons (Fsp3) is 0.229. The first-order chi connectivity index (χ1) is 22.3. The molecule has 46 heavy (non-hydrogen) atoms. The van der Waals surface area contributed by atoms with Gasteiger partial charge in [0.1, 0.15) is 11.8 Å². The van der Waals surface area contributed by atoms with Crippen LogP contribution < -0.4 is 21.3 Å². The number of phenols is 1. The van der Waals surface area contributed by atoms with Crippen LogP contribution in [0.1, 0.15) is 46.4 Å². The highest BCUT2D eigenvalue weighted by atomic mass is 16.3. The molecule has 4 aromatic rings. The van der Waals surface area contributed by atoms with E-state index in [0.717, 1.165) is 53.3 Å². The highest BCUT2D eigenvalue weighted by molar-refractivity contribution is 6.23. The smallest absolute Gasteiger partial charge is 0.262 e. The molecule has 3 amide bonds. The van der Waals surface area contributed by atoms with Crippen molar-refractivity contribution in [2.24, 2.45) is 0 Å². The molecular weight excluding hydrogens is 582 g/mol. The molecule has 3 aromatic carbocycles. The molecule has 1 aromatic heterocycles. The number of fused-ring (bicyclic) bond motifs is 1. The summed E-state index contributed by atoms with van der Waals surface area (Å²) in [7, 11) is 0. The van der Waals surface area contributed by atoms with E-state index in [2.05, 4.69) is 32.3 Å². The number of amides is 3. The number of nitrogens with zero attached hydrogens (tertiary/aromatic N) is 4. The minimum absolute atomic E-state index is 0.127. The van der Waals surface area contributed by atoms with Crippen LogP contribution in [0.25, 0.3) is 22.4 Å². The molecular formula is C35H33N7O4. The zero-order valence-electron chi connectivity index (χ0n) is 25.1. The van der Waals surface area contributed by atoms with E-state index in [0.29, 0.717) is 46.7 Å². The summed E-state index contributed by atoms with van der Waals surface area (Å²) in [6.07, 6.45) is 2.67. The van der Waals surface area contributed by atoms with Crippen LogP contribution >= 0.6 is 0 Å². The second-order valence-electron chi connectivity index (χ2n) is 11.9. The molecule has 232 valence electrons. The summed E-state index contributed by atoms with van der Waals surface area (Å²) in [6, 6.07) is 21.6. The monoisotopic (exact) mass is 615 g/mol. The van der Waals surface area contributed by atoms with E-state index in [9.17, 15) is 19.5 Å². The summed E-state index contributed by atoms with van der Waals surface area (Å²) >= 11 is 0. The lowest BCUT2D eigenvalue weighted by molar-refractivity contribution is -0.125. The minimum atomic E-state index is -0.822. The van der Waals surface area contributed by atoms with Gasteiger partial charge in [-0.1, -0.05) is 30.8 Å². The first-order valence-electron chi connectivity index (χ1n) is 15.3. The number of phenolic OH excluding ortho intramolecular Hbond substituents is 1. The molecule has 11 heteroatoms. The molecule has 1 atom stereocenters. The van der Waals surface area contributed by atoms with Gasteiger partial charge in [-0.05, 0) is 79.8 Å². The van der Waals surface area contributed by atoms with E-state index in [-0.39, 0.29) is 17.7 Å². The van der Waals surface area contributed by atoms with Crippen molar-refractivity contribution < 1.29 is 19.5 Å². The fourth-order valence-electron chi connectivity index (χ4n) is 6.45. The van der Waals surface area contributed by atoms with Crippen LogP contribution in [-0.2, 0) is 4.79 Å². The third kappa shape index (κ3) is 5.29. The highest BCUT2D eigenvalue weighted by Crippen LogP contribution is 2.34. The normalized spacial score (nSPS) is 18.5. The van der Waals surface area contributed by atoms with Gasteiger partial charge >= 0.3 is 0 Å². The first kappa shape index (κ1) is 29.0. The number of para-hydroxylation sites is 1. The number of carbonyl (C=O) groups excluding carboxylic acids is 3. The zero-order valence-corrected chi connectivity index (χ0v) is 25.1. The SMILES string of the molecule is C=C1CCC(N2C(=O)c3ccc(N4CCC(Nc5ccc(-c6cc(-c7ccccc7O)nnc6N)cc5)CC4)cc3C2=O)C(=O)N1. The lowest BCUT2D eigenvalue weighted by atomic mass is 10.0. The number of piperidine rings is 2. The highest BCUT2D eigenvalue weighted by Gasteiger charge is 2.44. The number of hydrogen-bond donors (Lipinski definition) is 4. The van der Waals surface area contributed by atoms with Gasteiger partial charge in [0.15, 0.2) is 5.82 Å². The number of benzene rings is 3. The van der Waals surface area contributed by atoms with Gasteiger partial charge in [0, 0.05) is 47.3 Å². The van der Waals surface area contributed by atoms with Crippen molar-refractivity contribution in [2.45, 2.75) is 37.8 Å². The van der Waals surface area contributed by atoms with Crippen molar-refractivity contribution in [3.63, 3.8) is 0 Å². The number of aromatic nitrogens is 2. The predicted molar refractivity (Wildman–Crippen MR) is 175 cm³/mol. The molecule has 3 aliphatic rings. The molecule has 2 saturated heterocycles. The number of nitrogens with two attached hydrogens (primary N) is 1. The van der Waals surface area contributed by atoms with E-state index < -0.39 is 17.9 Å². The van der Waals surface area contributed by atoms with Crippen molar-refractivity contribution in [1.29, 1.82) is 0 Å². The number of nitrogens with one attached hydrogen (secondary N) is 2. The molecule has 0 spiro atoms. The van der Waals surface area contributed by atoms with E-state index in [1.165, 1.54) is 0 Å². The van der Waals surface area contributed by atoms with E-state index in [4.69, 9.17) is 5.73 Å². The molecule has 11 nitrogen and oxygen atoms in total. The van der Waals surface area contributed by atoms with Gasteiger partial charge in [0.2, 0.25) is 5.91 Å². The number of carbonyl (C=O) groups is 3. The Labute approximate surface area is 265 Å². The quantitative estimate of drug-likeness (QED) is 0.229. The number of anilines is 3. The Bertz CT molecular complexity index is 1880. The van der Waals surface area contributed by atoms with Gasteiger partial charge < -0.3 is 26.4 Å². The van der Waals surface area contributed by atoms with Crippen molar-refractivity contribution >= 4 is 34.9 Å². The maximum atomic E-state index is 13.3. The topological polar surface area (TPSA) is 154 Å².